The number of benzene rings is 2. The molecule has 2 N–H and O–H groups in total. The summed E-state index contributed by atoms with van der Waals surface area (Å²) in [6.45, 7) is -0.339. The Morgan fingerprint density at radius 2 is 1.96 bits per heavy atom. The number of carbonyl (C=O) groups excluding carboxylic acids is 1. The fourth-order valence-corrected chi connectivity index (χ4v) is 2.97. The molecule has 1 unspecified atom stereocenters. The molecule has 0 saturated carbocycles. The minimum atomic E-state index is -0.841. The number of esters is 1. The van der Waals surface area contributed by atoms with Crippen molar-refractivity contribution in [3.63, 3.8) is 0 Å². The minimum absolute atomic E-state index is 0.209. The number of hydrogen-bond acceptors (Lipinski definition) is 6. The standard InChI is InChI=1S/C16H14Cl2N2O5/c1-25-16(22)10-7-9(5-6-14(10)20(23)24)19-13(8-21)15-11(17)3-2-4-12(15)18/h2-7,13,19,21H,8H2,1H3. The predicted octanol–water partition coefficient (Wildman–Crippen LogP) is 3.83. The Morgan fingerprint density at radius 3 is 2.48 bits per heavy atom. The maximum atomic E-state index is 11.8. The molecule has 25 heavy (non-hydrogen) atoms. The number of carbonyl (C=O) groups is 1. The molecule has 0 fully saturated rings. The molecule has 0 bridgehead atoms. The summed E-state index contributed by atoms with van der Waals surface area (Å²) in [5.41, 5.74) is 0.250. The molecular formula is C16H14Cl2N2O5. The lowest BCUT2D eigenvalue weighted by Crippen LogP contribution is -2.16. The van der Waals surface area contributed by atoms with E-state index in [0.29, 0.717) is 21.3 Å². The van der Waals surface area contributed by atoms with Crippen LogP contribution in [0.3, 0.4) is 0 Å². The van der Waals surface area contributed by atoms with Crippen LogP contribution in [0.4, 0.5) is 11.4 Å². The lowest BCUT2D eigenvalue weighted by atomic mass is 10.1. The summed E-state index contributed by atoms with van der Waals surface area (Å²) in [4.78, 5) is 22.1. The highest BCUT2D eigenvalue weighted by atomic mass is 35.5. The van der Waals surface area contributed by atoms with Crippen LogP contribution in [0.15, 0.2) is 36.4 Å². The number of nitro groups is 1. The zero-order valence-electron chi connectivity index (χ0n) is 13.0. The molecule has 2 aromatic rings. The van der Waals surface area contributed by atoms with Gasteiger partial charge in [0.1, 0.15) is 5.56 Å². The number of hydrogen-bond donors (Lipinski definition) is 2. The number of methoxy groups -OCH3 is 1. The smallest absolute Gasteiger partial charge is 0.344 e. The quantitative estimate of drug-likeness (QED) is 0.445. The summed E-state index contributed by atoms with van der Waals surface area (Å²) >= 11 is 12.3. The molecule has 9 heteroatoms. The van der Waals surface area contributed by atoms with E-state index in [0.717, 1.165) is 7.11 Å². The summed E-state index contributed by atoms with van der Waals surface area (Å²) < 4.78 is 4.57. The highest BCUT2D eigenvalue weighted by molar-refractivity contribution is 6.36. The maximum Gasteiger partial charge on any atom is 0.344 e. The van der Waals surface area contributed by atoms with Gasteiger partial charge in [-0.15, -0.1) is 0 Å². The van der Waals surface area contributed by atoms with E-state index in [1.165, 1.54) is 18.2 Å². The number of anilines is 1. The summed E-state index contributed by atoms with van der Waals surface area (Å²) in [7, 11) is 1.13. The SMILES string of the molecule is COC(=O)c1cc(NC(CO)c2c(Cl)cccc2Cl)ccc1[N+](=O)[O-]. The molecule has 0 aliphatic carbocycles. The molecule has 0 saturated heterocycles. The Kier molecular flexibility index (Phi) is 6.19. The van der Waals surface area contributed by atoms with Gasteiger partial charge in [0.2, 0.25) is 0 Å². The molecule has 2 rings (SSSR count). The molecule has 7 nitrogen and oxygen atoms in total. The highest BCUT2D eigenvalue weighted by Gasteiger charge is 2.23. The van der Waals surface area contributed by atoms with Crippen LogP contribution in [0.1, 0.15) is 22.0 Å². The van der Waals surface area contributed by atoms with Crippen LogP contribution >= 0.6 is 23.2 Å². The Hall–Kier alpha value is -2.35. The van der Waals surface area contributed by atoms with Crippen LogP contribution in [0.2, 0.25) is 10.0 Å². The third-order valence-electron chi connectivity index (χ3n) is 3.47. The number of nitro benzene ring substituents is 1. The van der Waals surface area contributed by atoms with Crippen LogP contribution in [0, 0.1) is 10.1 Å². The number of nitrogens with one attached hydrogen (secondary N) is 1. The topological polar surface area (TPSA) is 102 Å². The number of nitrogens with zero attached hydrogens (tertiary/aromatic N) is 1. The second-order valence-electron chi connectivity index (χ2n) is 5.00. The van der Waals surface area contributed by atoms with Crippen LogP contribution in [0.5, 0.6) is 0 Å². The molecule has 0 spiro atoms. The van der Waals surface area contributed by atoms with Crippen molar-refractivity contribution in [2.75, 3.05) is 19.0 Å². The first-order chi connectivity index (χ1) is 11.9. The van der Waals surface area contributed by atoms with Gasteiger partial charge in [-0.1, -0.05) is 29.3 Å². The van der Waals surface area contributed by atoms with Gasteiger partial charge >= 0.3 is 5.97 Å². The van der Waals surface area contributed by atoms with E-state index in [1.54, 1.807) is 18.2 Å². The Bertz CT molecular complexity index is 793. The summed E-state index contributed by atoms with van der Waals surface area (Å²) in [5, 5.41) is 24.4. The molecule has 0 heterocycles. The van der Waals surface area contributed by atoms with Gasteiger partial charge in [-0.25, -0.2) is 4.79 Å². The van der Waals surface area contributed by atoms with Crippen molar-refractivity contribution < 1.29 is 19.6 Å². The molecule has 1 atom stereocenters. The van der Waals surface area contributed by atoms with Crippen LogP contribution in [-0.4, -0.2) is 29.7 Å². The van der Waals surface area contributed by atoms with Crippen molar-refractivity contribution in [2.24, 2.45) is 0 Å². The highest BCUT2D eigenvalue weighted by Crippen LogP contribution is 2.33. The van der Waals surface area contributed by atoms with Gasteiger partial charge in [-0.3, -0.25) is 10.1 Å². The molecule has 2 aromatic carbocycles. The van der Waals surface area contributed by atoms with Crippen LogP contribution in [0.25, 0.3) is 0 Å². The van der Waals surface area contributed by atoms with E-state index in [4.69, 9.17) is 23.2 Å². The Morgan fingerprint density at radius 1 is 1.32 bits per heavy atom. The summed E-state index contributed by atoms with van der Waals surface area (Å²) in [5.74, 6) is -0.841. The van der Waals surface area contributed by atoms with Crippen LogP contribution in [-0.2, 0) is 4.74 Å². The number of aliphatic hydroxyl groups excluding tert-OH is 1. The van der Waals surface area contributed by atoms with Gasteiger partial charge in [-0.05, 0) is 24.3 Å². The van der Waals surface area contributed by atoms with E-state index in [1.807, 2.05) is 0 Å². The largest absolute Gasteiger partial charge is 0.465 e. The zero-order chi connectivity index (χ0) is 18.6. The van der Waals surface area contributed by atoms with Crippen LogP contribution < -0.4 is 5.32 Å². The average molecular weight is 385 g/mol. The van der Waals surface area contributed by atoms with Crippen molar-refractivity contribution in [2.45, 2.75) is 6.04 Å². The van der Waals surface area contributed by atoms with Crippen molar-refractivity contribution >= 4 is 40.5 Å². The monoisotopic (exact) mass is 384 g/mol. The molecule has 0 aliphatic heterocycles. The molecule has 0 aliphatic rings. The number of ether oxygens (including phenoxy) is 1. The first-order valence-corrected chi connectivity index (χ1v) is 7.82. The number of halogens is 2. The summed E-state index contributed by atoms with van der Waals surface area (Å²) in [6, 6.07) is 8.12. The van der Waals surface area contributed by atoms with E-state index in [2.05, 4.69) is 10.1 Å². The second-order valence-corrected chi connectivity index (χ2v) is 5.81. The normalized spacial score (nSPS) is 11.7. The lowest BCUT2D eigenvalue weighted by Gasteiger charge is -2.20. The fourth-order valence-electron chi connectivity index (χ4n) is 2.31. The Labute approximate surface area is 153 Å². The Balaban J connectivity index is 2.41. The van der Waals surface area contributed by atoms with Gasteiger partial charge in [0.05, 0.1) is 24.7 Å². The van der Waals surface area contributed by atoms with E-state index in [-0.39, 0.29) is 17.9 Å². The molecular weight excluding hydrogens is 371 g/mol. The average Bonchev–Trinajstić information content (AvgIpc) is 2.59. The first kappa shape index (κ1) is 19.0. The van der Waals surface area contributed by atoms with Gasteiger partial charge < -0.3 is 15.2 Å². The van der Waals surface area contributed by atoms with Gasteiger partial charge in [-0.2, -0.15) is 0 Å². The van der Waals surface area contributed by atoms with E-state index in [9.17, 15) is 20.0 Å². The molecule has 0 radical (unpaired) electrons. The maximum absolute atomic E-state index is 11.8. The van der Waals surface area contributed by atoms with Gasteiger partial charge in [0.15, 0.2) is 0 Å². The summed E-state index contributed by atoms with van der Waals surface area (Å²) in [6.07, 6.45) is 0. The molecule has 0 aromatic heterocycles. The lowest BCUT2D eigenvalue weighted by molar-refractivity contribution is -0.385. The minimum Gasteiger partial charge on any atom is -0.465 e. The van der Waals surface area contributed by atoms with Crippen molar-refractivity contribution in [1.29, 1.82) is 0 Å². The third-order valence-corrected chi connectivity index (χ3v) is 4.13. The van der Waals surface area contributed by atoms with Gasteiger partial charge in [0.25, 0.3) is 5.69 Å². The van der Waals surface area contributed by atoms with E-state index < -0.39 is 16.9 Å². The van der Waals surface area contributed by atoms with Crippen molar-refractivity contribution in [1.82, 2.24) is 0 Å². The third kappa shape index (κ3) is 4.19. The predicted molar refractivity (Wildman–Crippen MR) is 94.3 cm³/mol. The number of rotatable bonds is 6. The first-order valence-electron chi connectivity index (χ1n) is 7.07. The fraction of sp³-hybridized carbons (Fsp3) is 0.188. The zero-order valence-corrected chi connectivity index (χ0v) is 14.5. The van der Waals surface area contributed by atoms with E-state index >= 15 is 0 Å². The van der Waals surface area contributed by atoms with Crippen molar-refractivity contribution in [3.05, 3.63) is 67.7 Å². The molecule has 132 valence electrons. The second kappa shape index (κ2) is 8.15. The molecule has 0 amide bonds. The number of aliphatic hydroxyl groups is 1. The van der Waals surface area contributed by atoms with Crippen molar-refractivity contribution in [3.8, 4) is 0 Å². The van der Waals surface area contributed by atoms with Gasteiger partial charge in [0, 0.05) is 27.4 Å².